The van der Waals surface area contributed by atoms with Crippen LogP contribution in [0.3, 0.4) is 0 Å². The van der Waals surface area contributed by atoms with Crippen LogP contribution in [-0.4, -0.2) is 21.9 Å². The number of anilines is 2. The molecule has 5 nitrogen and oxygen atoms in total. The number of hydrogen-bond acceptors (Lipinski definition) is 4. The summed E-state index contributed by atoms with van der Waals surface area (Å²) in [6.45, 7) is 1.86. The van der Waals surface area contributed by atoms with Crippen molar-refractivity contribution in [3.63, 3.8) is 0 Å². The van der Waals surface area contributed by atoms with Crippen molar-refractivity contribution in [2.75, 3.05) is 10.6 Å². The Kier molecular flexibility index (Phi) is 3.75. The van der Waals surface area contributed by atoms with Crippen LogP contribution in [0, 0.1) is 6.92 Å². The van der Waals surface area contributed by atoms with Crippen LogP contribution in [-0.2, 0) is 0 Å². The molecule has 0 bridgehead atoms. The van der Waals surface area contributed by atoms with Gasteiger partial charge in [0.05, 0.1) is 0 Å². The summed E-state index contributed by atoms with van der Waals surface area (Å²) in [7, 11) is 0. The van der Waals surface area contributed by atoms with Gasteiger partial charge in [0.15, 0.2) is 0 Å². The number of carbonyl (C=O) groups excluding carboxylic acids is 1. The monoisotopic (exact) mass is 302 g/mol. The van der Waals surface area contributed by atoms with E-state index in [9.17, 15) is 4.79 Å². The number of aromatic nitrogens is 2. The summed E-state index contributed by atoms with van der Waals surface area (Å²) in [5.41, 5.74) is 1.84. The summed E-state index contributed by atoms with van der Waals surface area (Å²) in [6.07, 6.45) is 3.69. The molecule has 0 radical (unpaired) electrons. The molecule has 1 fully saturated rings. The van der Waals surface area contributed by atoms with Gasteiger partial charge in [0, 0.05) is 22.8 Å². The molecule has 0 unspecified atom stereocenters. The minimum atomic E-state index is -0.276. The van der Waals surface area contributed by atoms with E-state index < -0.39 is 0 Å². The van der Waals surface area contributed by atoms with Crippen molar-refractivity contribution in [2.24, 2.45) is 0 Å². The Morgan fingerprint density at radius 3 is 2.90 bits per heavy atom. The predicted octanol–water partition coefficient (Wildman–Crippen LogP) is 3.27. The topological polar surface area (TPSA) is 66.9 Å². The van der Waals surface area contributed by atoms with Crippen molar-refractivity contribution in [1.82, 2.24) is 9.97 Å². The molecule has 2 aromatic rings. The van der Waals surface area contributed by atoms with Crippen LogP contribution in [0.15, 0.2) is 30.6 Å². The van der Waals surface area contributed by atoms with Crippen molar-refractivity contribution in [3.8, 4) is 0 Å². The zero-order valence-electron chi connectivity index (χ0n) is 11.6. The third kappa shape index (κ3) is 3.31. The average molecular weight is 303 g/mol. The molecular weight excluding hydrogens is 288 g/mol. The number of benzene rings is 1. The van der Waals surface area contributed by atoms with Gasteiger partial charge < -0.3 is 10.6 Å². The van der Waals surface area contributed by atoms with E-state index in [1.165, 1.54) is 6.33 Å². The normalized spacial score (nSPS) is 13.8. The first-order valence-corrected chi connectivity index (χ1v) is 7.16. The third-order valence-electron chi connectivity index (χ3n) is 3.34. The lowest BCUT2D eigenvalue weighted by molar-refractivity contribution is 0.102. The molecule has 1 amide bonds. The maximum atomic E-state index is 12.3. The highest BCUT2D eigenvalue weighted by atomic mass is 35.5. The summed E-state index contributed by atoms with van der Waals surface area (Å²) >= 11 is 6.05. The van der Waals surface area contributed by atoms with Crippen molar-refractivity contribution in [3.05, 3.63) is 46.9 Å². The first-order valence-electron chi connectivity index (χ1n) is 6.78. The van der Waals surface area contributed by atoms with E-state index in [0.717, 1.165) is 18.4 Å². The van der Waals surface area contributed by atoms with Crippen LogP contribution in [0.4, 0.5) is 11.5 Å². The van der Waals surface area contributed by atoms with Crippen LogP contribution in [0.5, 0.6) is 0 Å². The van der Waals surface area contributed by atoms with Gasteiger partial charge in [0.2, 0.25) is 0 Å². The molecular formula is C15H15ClN4O. The standard InChI is InChI=1S/C15H15ClN4O/c1-9-11(16)3-2-4-12(9)20-15(21)13-7-14(18-8-17-13)19-10-5-6-10/h2-4,7-8,10H,5-6H2,1H3,(H,20,21)(H,17,18,19). The van der Waals surface area contributed by atoms with E-state index in [4.69, 9.17) is 11.6 Å². The fourth-order valence-electron chi connectivity index (χ4n) is 1.93. The molecule has 0 spiro atoms. The predicted molar refractivity (Wildman–Crippen MR) is 82.8 cm³/mol. The second-order valence-electron chi connectivity index (χ2n) is 5.07. The van der Waals surface area contributed by atoms with Gasteiger partial charge in [0.1, 0.15) is 17.8 Å². The molecule has 1 aromatic carbocycles. The minimum absolute atomic E-state index is 0.276. The highest BCUT2D eigenvalue weighted by Crippen LogP contribution is 2.25. The van der Waals surface area contributed by atoms with Gasteiger partial charge in [-0.1, -0.05) is 17.7 Å². The van der Waals surface area contributed by atoms with E-state index in [1.54, 1.807) is 18.2 Å². The van der Waals surface area contributed by atoms with Crippen LogP contribution in [0.1, 0.15) is 28.9 Å². The second-order valence-corrected chi connectivity index (χ2v) is 5.48. The number of hydrogen-bond donors (Lipinski definition) is 2. The lowest BCUT2D eigenvalue weighted by Crippen LogP contribution is -2.15. The van der Waals surface area contributed by atoms with Gasteiger partial charge in [-0.15, -0.1) is 0 Å². The van der Waals surface area contributed by atoms with E-state index in [1.807, 2.05) is 13.0 Å². The summed E-state index contributed by atoms with van der Waals surface area (Å²) < 4.78 is 0. The molecule has 1 heterocycles. The molecule has 1 aromatic heterocycles. The summed E-state index contributed by atoms with van der Waals surface area (Å²) in [4.78, 5) is 20.4. The molecule has 1 aliphatic rings. The molecule has 6 heteroatoms. The molecule has 0 aliphatic heterocycles. The molecule has 2 N–H and O–H groups in total. The highest BCUT2D eigenvalue weighted by Gasteiger charge is 2.21. The number of carbonyl (C=O) groups is 1. The molecule has 0 saturated heterocycles. The fourth-order valence-corrected chi connectivity index (χ4v) is 2.10. The maximum Gasteiger partial charge on any atom is 0.274 e. The Labute approximate surface area is 127 Å². The van der Waals surface area contributed by atoms with Crippen molar-refractivity contribution in [2.45, 2.75) is 25.8 Å². The summed E-state index contributed by atoms with van der Waals surface area (Å²) in [6, 6.07) is 7.53. The Morgan fingerprint density at radius 1 is 1.33 bits per heavy atom. The van der Waals surface area contributed by atoms with Crippen LogP contribution in [0.2, 0.25) is 5.02 Å². The number of amides is 1. The second kappa shape index (κ2) is 5.69. The van der Waals surface area contributed by atoms with E-state index in [0.29, 0.717) is 28.3 Å². The number of nitrogens with one attached hydrogen (secondary N) is 2. The Morgan fingerprint density at radius 2 is 2.14 bits per heavy atom. The number of nitrogens with zero attached hydrogens (tertiary/aromatic N) is 2. The van der Waals surface area contributed by atoms with Gasteiger partial charge in [-0.3, -0.25) is 4.79 Å². The zero-order chi connectivity index (χ0) is 14.8. The first-order chi connectivity index (χ1) is 10.1. The van der Waals surface area contributed by atoms with Gasteiger partial charge in [0.25, 0.3) is 5.91 Å². The zero-order valence-corrected chi connectivity index (χ0v) is 12.3. The van der Waals surface area contributed by atoms with Crippen LogP contribution < -0.4 is 10.6 Å². The quantitative estimate of drug-likeness (QED) is 0.909. The van der Waals surface area contributed by atoms with Crippen molar-refractivity contribution < 1.29 is 4.79 Å². The molecule has 21 heavy (non-hydrogen) atoms. The summed E-state index contributed by atoms with van der Waals surface area (Å²) in [5.74, 6) is 0.405. The van der Waals surface area contributed by atoms with Gasteiger partial charge >= 0.3 is 0 Å². The Bertz CT molecular complexity index is 685. The first kappa shape index (κ1) is 13.8. The van der Waals surface area contributed by atoms with Crippen LogP contribution >= 0.6 is 11.6 Å². The summed E-state index contributed by atoms with van der Waals surface area (Å²) in [5, 5.41) is 6.68. The minimum Gasteiger partial charge on any atom is -0.367 e. The largest absolute Gasteiger partial charge is 0.367 e. The Hall–Kier alpha value is -2.14. The Balaban J connectivity index is 1.76. The lowest BCUT2D eigenvalue weighted by Gasteiger charge is -2.10. The van der Waals surface area contributed by atoms with E-state index >= 15 is 0 Å². The average Bonchev–Trinajstić information content (AvgIpc) is 3.28. The lowest BCUT2D eigenvalue weighted by atomic mass is 10.2. The fraction of sp³-hybridized carbons (Fsp3) is 0.267. The maximum absolute atomic E-state index is 12.3. The van der Waals surface area contributed by atoms with Gasteiger partial charge in [-0.25, -0.2) is 9.97 Å². The highest BCUT2D eigenvalue weighted by molar-refractivity contribution is 6.31. The van der Waals surface area contributed by atoms with Crippen molar-refractivity contribution in [1.29, 1.82) is 0 Å². The van der Waals surface area contributed by atoms with Gasteiger partial charge in [-0.2, -0.15) is 0 Å². The van der Waals surface area contributed by atoms with Crippen molar-refractivity contribution >= 4 is 29.0 Å². The van der Waals surface area contributed by atoms with E-state index in [-0.39, 0.29) is 5.91 Å². The van der Waals surface area contributed by atoms with E-state index in [2.05, 4.69) is 20.6 Å². The van der Waals surface area contributed by atoms with Gasteiger partial charge in [-0.05, 0) is 37.5 Å². The molecule has 1 saturated carbocycles. The molecule has 1 aliphatic carbocycles. The number of rotatable bonds is 4. The SMILES string of the molecule is Cc1c(Cl)cccc1NC(=O)c1cc(NC2CC2)ncn1. The van der Waals surface area contributed by atoms with Crippen LogP contribution in [0.25, 0.3) is 0 Å². The molecule has 108 valence electrons. The molecule has 0 atom stereocenters. The third-order valence-corrected chi connectivity index (χ3v) is 3.75. The smallest absolute Gasteiger partial charge is 0.274 e. The number of halogens is 1. The molecule has 3 rings (SSSR count).